The molecule has 1 aromatic heterocycles. The summed E-state index contributed by atoms with van der Waals surface area (Å²) >= 11 is 3.46. The highest BCUT2D eigenvalue weighted by atomic mass is 79.9. The molecule has 3 rings (SSSR count). The van der Waals surface area contributed by atoms with Gasteiger partial charge in [-0.15, -0.1) is 0 Å². The first-order valence-corrected chi connectivity index (χ1v) is 6.79. The first kappa shape index (κ1) is 11.9. The molecule has 4 nitrogen and oxygen atoms in total. The van der Waals surface area contributed by atoms with E-state index >= 15 is 0 Å². The Hall–Kier alpha value is -1.20. The van der Waals surface area contributed by atoms with Crippen molar-refractivity contribution >= 4 is 15.9 Å². The number of nitrogens with zero attached hydrogens (tertiary/aromatic N) is 2. The molecule has 1 aromatic carbocycles. The topological polar surface area (TPSA) is 64.9 Å². The molecule has 1 fully saturated rings. The molecule has 0 aliphatic heterocycles. The summed E-state index contributed by atoms with van der Waals surface area (Å²) in [5.74, 6) is 1.68. The molecular weight excluding hydrogens is 294 g/mol. The van der Waals surface area contributed by atoms with Crippen molar-refractivity contribution in [3.63, 3.8) is 0 Å². The zero-order valence-corrected chi connectivity index (χ0v) is 11.6. The molecular formula is C13H14BrN3O. The minimum atomic E-state index is -0.0873. The molecule has 2 aromatic rings. The van der Waals surface area contributed by atoms with Gasteiger partial charge in [-0.3, -0.25) is 0 Å². The van der Waals surface area contributed by atoms with Crippen molar-refractivity contribution in [1.82, 2.24) is 10.1 Å². The number of hydrogen-bond donors (Lipinski definition) is 1. The van der Waals surface area contributed by atoms with E-state index in [0.29, 0.717) is 17.6 Å². The van der Waals surface area contributed by atoms with Gasteiger partial charge in [0.05, 0.1) is 6.04 Å². The lowest BCUT2D eigenvalue weighted by Gasteiger charge is -2.02. The van der Waals surface area contributed by atoms with E-state index < -0.39 is 0 Å². The average molecular weight is 308 g/mol. The third-order valence-corrected chi connectivity index (χ3v) is 3.62. The van der Waals surface area contributed by atoms with Crippen LogP contribution in [0.4, 0.5) is 0 Å². The number of aryl methyl sites for hydroxylation is 1. The van der Waals surface area contributed by atoms with Gasteiger partial charge < -0.3 is 10.3 Å². The lowest BCUT2D eigenvalue weighted by atomic mass is 10.1. The molecule has 1 atom stereocenters. The summed E-state index contributed by atoms with van der Waals surface area (Å²) in [5.41, 5.74) is 8.12. The average Bonchev–Trinajstić information content (AvgIpc) is 3.04. The fourth-order valence-corrected chi connectivity index (χ4v) is 2.62. The van der Waals surface area contributed by atoms with Crippen LogP contribution in [0.5, 0.6) is 0 Å². The van der Waals surface area contributed by atoms with Crippen LogP contribution in [0.2, 0.25) is 0 Å². The maximum Gasteiger partial charge on any atom is 0.258 e. The number of rotatable bonds is 3. The number of halogens is 1. The molecule has 0 saturated heterocycles. The highest BCUT2D eigenvalue weighted by Gasteiger charge is 2.32. The first-order chi connectivity index (χ1) is 8.63. The lowest BCUT2D eigenvalue weighted by Crippen LogP contribution is -2.13. The van der Waals surface area contributed by atoms with Crippen LogP contribution in [0.15, 0.2) is 27.2 Å². The normalized spacial score (nSPS) is 16.8. The number of aromatic nitrogens is 2. The summed E-state index contributed by atoms with van der Waals surface area (Å²) in [4.78, 5) is 4.40. The molecule has 1 aliphatic carbocycles. The maximum atomic E-state index is 6.06. The summed E-state index contributed by atoms with van der Waals surface area (Å²) in [6.45, 7) is 2.03. The molecule has 5 heteroatoms. The fourth-order valence-electron chi connectivity index (χ4n) is 2.01. The SMILES string of the molecule is Cc1cc(Br)cc(-c2nc(C(N)C3CC3)no2)c1. The van der Waals surface area contributed by atoms with Gasteiger partial charge in [-0.2, -0.15) is 4.98 Å². The predicted molar refractivity (Wildman–Crippen MR) is 71.8 cm³/mol. The zero-order valence-electron chi connectivity index (χ0n) is 10.1. The van der Waals surface area contributed by atoms with Gasteiger partial charge in [0.15, 0.2) is 5.82 Å². The van der Waals surface area contributed by atoms with Crippen LogP contribution in [0.3, 0.4) is 0 Å². The monoisotopic (exact) mass is 307 g/mol. The Morgan fingerprint density at radius 3 is 2.83 bits per heavy atom. The largest absolute Gasteiger partial charge is 0.334 e. The molecule has 1 saturated carbocycles. The summed E-state index contributed by atoms with van der Waals surface area (Å²) < 4.78 is 6.30. The maximum absolute atomic E-state index is 6.06. The quantitative estimate of drug-likeness (QED) is 0.945. The number of nitrogens with two attached hydrogens (primary N) is 1. The smallest absolute Gasteiger partial charge is 0.258 e. The van der Waals surface area contributed by atoms with E-state index in [4.69, 9.17) is 10.3 Å². The standard InChI is InChI=1S/C13H14BrN3O/c1-7-4-9(6-10(14)5-7)13-16-12(17-18-13)11(15)8-2-3-8/h4-6,8,11H,2-3,15H2,1H3. The second-order valence-electron chi connectivity index (χ2n) is 4.84. The van der Waals surface area contributed by atoms with Crippen molar-refractivity contribution < 1.29 is 4.52 Å². The predicted octanol–water partition coefficient (Wildman–Crippen LogP) is 3.22. The molecule has 0 radical (unpaired) electrons. The Morgan fingerprint density at radius 1 is 1.39 bits per heavy atom. The first-order valence-electron chi connectivity index (χ1n) is 6.00. The minimum Gasteiger partial charge on any atom is -0.334 e. The molecule has 0 bridgehead atoms. The van der Waals surface area contributed by atoms with E-state index in [1.807, 2.05) is 25.1 Å². The van der Waals surface area contributed by atoms with Crippen LogP contribution in [-0.2, 0) is 0 Å². The van der Waals surface area contributed by atoms with Gasteiger partial charge in [-0.05, 0) is 49.4 Å². The summed E-state index contributed by atoms with van der Waals surface area (Å²) in [6.07, 6.45) is 2.34. The van der Waals surface area contributed by atoms with E-state index in [1.54, 1.807) is 0 Å². The van der Waals surface area contributed by atoms with Crippen molar-refractivity contribution in [2.24, 2.45) is 11.7 Å². The van der Waals surface area contributed by atoms with Gasteiger partial charge in [0.2, 0.25) is 0 Å². The molecule has 1 aliphatic rings. The van der Waals surface area contributed by atoms with Crippen LogP contribution in [0.1, 0.15) is 30.3 Å². The van der Waals surface area contributed by atoms with Crippen LogP contribution in [0, 0.1) is 12.8 Å². The van der Waals surface area contributed by atoms with E-state index in [9.17, 15) is 0 Å². The highest BCUT2D eigenvalue weighted by Crippen LogP contribution is 2.38. The third kappa shape index (κ3) is 2.33. The molecule has 2 N–H and O–H groups in total. The van der Waals surface area contributed by atoms with Crippen molar-refractivity contribution in [2.75, 3.05) is 0 Å². The summed E-state index contributed by atoms with van der Waals surface area (Å²) in [6, 6.07) is 5.93. The molecule has 18 heavy (non-hydrogen) atoms. The number of hydrogen-bond acceptors (Lipinski definition) is 4. The van der Waals surface area contributed by atoms with E-state index in [-0.39, 0.29) is 6.04 Å². The molecule has 0 spiro atoms. The Labute approximate surface area is 114 Å². The van der Waals surface area contributed by atoms with Crippen molar-refractivity contribution in [2.45, 2.75) is 25.8 Å². The van der Waals surface area contributed by atoms with Gasteiger partial charge in [0, 0.05) is 10.0 Å². The second kappa shape index (κ2) is 4.48. The third-order valence-electron chi connectivity index (χ3n) is 3.16. The Morgan fingerprint density at radius 2 is 2.17 bits per heavy atom. The summed E-state index contributed by atoms with van der Waals surface area (Å²) in [5, 5.41) is 3.99. The molecule has 1 unspecified atom stereocenters. The van der Waals surface area contributed by atoms with E-state index in [2.05, 4.69) is 26.1 Å². The Bertz CT molecular complexity index is 557. The van der Waals surface area contributed by atoms with Crippen LogP contribution in [0.25, 0.3) is 11.5 Å². The fraction of sp³-hybridized carbons (Fsp3) is 0.385. The van der Waals surface area contributed by atoms with Crippen molar-refractivity contribution in [1.29, 1.82) is 0 Å². The Balaban J connectivity index is 1.92. The van der Waals surface area contributed by atoms with Crippen LogP contribution < -0.4 is 5.73 Å². The molecule has 94 valence electrons. The highest BCUT2D eigenvalue weighted by molar-refractivity contribution is 9.10. The van der Waals surface area contributed by atoms with Gasteiger partial charge in [-0.1, -0.05) is 21.1 Å². The van der Waals surface area contributed by atoms with Gasteiger partial charge in [0.25, 0.3) is 5.89 Å². The molecule has 1 heterocycles. The van der Waals surface area contributed by atoms with Crippen molar-refractivity contribution in [3.05, 3.63) is 34.1 Å². The number of benzene rings is 1. The van der Waals surface area contributed by atoms with Crippen LogP contribution in [-0.4, -0.2) is 10.1 Å². The Kier molecular flexibility index (Phi) is 2.95. The van der Waals surface area contributed by atoms with Gasteiger partial charge >= 0.3 is 0 Å². The van der Waals surface area contributed by atoms with Gasteiger partial charge in [0.1, 0.15) is 0 Å². The van der Waals surface area contributed by atoms with E-state index in [1.165, 1.54) is 12.8 Å². The van der Waals surface area contributed by atoms with Gasteiger partial charge in [-0.25, -0.2) is 0 Å². The van der Waals surface area contributed by atoms with Crippen LogP contribution >= 0.6 is 15.9 Å². The lowest BCUT2D eigenvalue weighted by molar-refractivity contribution is 0.411. The minimum absolute atomic E-state index is 0.0873. The molecule has 0 amide bonds. The zero-order chi connectivity index (χ0) is 12.7. The summed E-state index contributed by atoms with van der Waals surface area (Å²) in [7, 11) is 0. The van der Waals surface area contributed by atoms with E-state index in [0.717, 1.165) is 15.6 Å². The van der Waals surface area contributed by atoms with Crippen molar-refractivity contribution in [3.8, 4) is 11.5 Å². The second-order valence-corrected chi connectivity index (χ2v) is 5.75.